The van der Waals surface area contributed by atoms with Crippen LogP contribution in [-0.2, 0) is 11.3 Å². The van der Waals surface area contributed by atoms with Crippen LogP contribution in [0.1, 0.15) is 12.1 Å². The molecule has 0 saturated carbocycles. The van der Waals surface area contributed by atoms with Crippen molar-refractivity contribution in [2.45, 2.75) is 19.9 Å². The van der Waals surface area contributed by atoms with Crippen LogP contribution >= 0.6 is 0 Å². The summed E-state index contributed by atoms with van der Waals surface area (Å²) < 4.78 is 1.09. The number of pyridine rings is 1. The van der Waals surface area contributed by atoms with Crippen molar-refractivity contribution < 1.29 is 14.8 Å². The van der Waals surface area contributed by atoms with Crippen molar-refractivity contribution >= 4 is 11.7 Å². The lowest BCUT2D eigenvalue weighted by molar-refractivity contribution is -0.386. The first-order valence-corrected chi connectivity index (χ1v) is 4.50. The fraction of sp³-hybridized carbons (Fsp3) is 0.333. The first-order valence-electron chi connectivity index (χ1n) is 4.50. The predicted octanol–water partition coefficient (Wildman–Crippen LogP) is 0.540. The second-order valence-corrected chi connectivity index (χ2v) is 3.19. The summed E-state index contributed by atoms with van der Waals surface area (Å²) in [6.07, 6.45) is -0.248. The van der Waals surface area contributed by atoms with E-state index in [1.165, 1.54) is 6.92 Å². The van der Waals surface area contributed by atoms with E-state index in [4.69, 9.17) is 5.11 Å². The van der Waals surface area contributed by atoms with Gasteiger partial charge in [0, 0.05) is 18.7 Å². The van der Waals surface area contributed by atoms with E-state index in [1.807, 2.05) is 0 Å². The molecule has 0 spiro atoms. The van der Waals surface area contributed by atoms with Crippen molar-refractivity contribution in [3.8, 4) is 0 Å². The van der Waals surface area contributed by atoms with Crippen molar-refractivity contribution in [1.82, 2.24) is 4.57 Å². The molecule has 0 aliphatic carbocycles. The maximum absolute atomic E-state index is 11.4. The Hall–Kier alpha value is -2.18. The number of rotatable bonds is 4. The molecule has 1 rings (SSSR count). The standard InChI is InChI=1S/C9H10N2O5/c1-6-7(11(15)16)2-3-8(12)10(6)5-4-9(13)14/h2-3H,4-5H2,1H3,(H,13,14). The van der Waals surface area contributed by atoms with Gasteiger partial charge in [-0.3, -0.25) is 19.7 Å². The monoisotopic (exact) mass is 226 g/mol. The molecule has 0 aliphatic rings. The Labute approximate surface area is 90.1 Å². The lowest BCUT2D eigenvalue weighted by Gasteiger charge is -2.07. The molecule has 16 heavy (non-hydrogen) atoms. The minimum Gasteiger partial charge on any atom is -0.481 e. The Morgan fingerprint density at radius 1 is 1.56 bits per heavy atom. The summed E-state index contributed by atoms with van der Waals surface area (Å²) in [5.74, 6) is -1.06. The molecule has 1 N–H and O–H groups in total. The third-order valence-electron chi connectivity index (χ3n) is 2.17. The van der Waals surface area contributed by atoms with Gasteiger partial charge in [-0.2, -0.15) is 0 Å². The zero-order chi connectivity index (χ0) is 12.3. The minimum absolute atomic E-state index is 0.0678. The van der Waals surface area contributed by atoms with Crippen LogP contribution in [0.5, 0.6) is 0 Å². The number of carboxylic acids is 1. The summed E-state index contributed by atoms with van der Waals surface area (Å²) in [5, 5.41) is 19.1. The molecular formula is C9H10N2O5. The number of hydrogen-bond acceptors (Lipinski definition) is 4. The third kappa shape index (κ3) is 2.44. The van der Waals surface area contributed by atoms with Gasteiger partial charge in [0.05, 0.1) is 17.0 Å². The average molecular weight is 226 g/mol. The highest BCUT2D eigenvalue weighted by Crippen LogP contribution is 2.14. The molecule has 0 aromatic carbocycles. The molecule has 1 aromatic rings. The van der Waals surface area contributed by atoms with Gasteiger partial charge in [-0.25, -0.2) is 0 Å². The van der Waals surface area contributed by atoms with Gasteiger partial charge in [-0.15, -0.1) is 0 Å². The fourth-order valence-corrected chi connectivity index (χ4v) is 1.34. The molecule has 7 heteroatoms. The maximum atomic E-state index is 11.4. The van der Waals surface area contributed by atoms with Crippen molar-refractivity contribution in [2.75, 3.05) is 0 Å². The lowest BCUT2D eigenvalue weighted by atomic mass is 10.3. The largest absolute Gasteiger partial charge is 0.481 e. The van der Waals surface area contributed by atoms with E-state index in [-0.39, 0.29) is 24.3 Å². The second kappa shape index (κ2) is 4.56. The molecule has 1 heterocycles. The molecule has 0 amide bonds. The highest BCUT2D eigenvalue weighted by molar-refractivity contribution is 5.66. The number of aliphatic carboxylic acids is 1. The van der Waals surface area contributed by atoms with Gasteiger partial charge in [0.15, 0.2) is 0 Å². The van der Waals surface area contributed by atoms with Gasteiger partial charge in [0.1, 0.15) is 0 Å². The summed E-state index contributed by atoms with van der Waals surface area (Å²) in [6, 6.07) is 2.18. The Kier molecular flexibility index (Phi) is 3.39. The van der Waals surface area contributed by atoms with E-state index in [1.54, 1.807) is 0 Å². The van der Waals surface area contributed by atoms with E-state index in [2.05, 4.69) is 0 Å². The second-order valence-electron chi connectivity index (χ2n) is 3.19. The van der Waals surface area contributed by atoms with E-state index in [0.717, 1.165) is 16.7 Å². The molecule has 0 fully saturated rings. The molecule has 1 aromatic heterocycles. The highest BCUT2D eigenvalue weighted by Gasteiger charge is 2.15. The van der Waals surface area contributed by atoms with Crippen LogP contribution in [-0.4, -0.2) is 20.6 Å². The normalized spacial score (nSPS) is 10.1. The molecule has 7 nitrogen and oxygen atoms in total. The number of carbonyl (C=O) groups is 1. The Bertz CT molecular complexity index is 491. The van der Waals surface area contributed by atoms with Gasteiger partial charge in [0.25, 0.3) is 11.2 Å². The first-order chi connectivity index (χ1) is 7.43. The van der Waals surface area contributed by atoms with Crippen LogP contribution < -0.4 is 5.56 Å². The summed E-state index contributed by atoms with van der Waals surface area (Å²) in [5.41, 5.74) is -0.465. The zero-order valence-electron chi connectivity index (χ0n) is 8.54. The number of nitro groups is 1. The smallest absolute Gasteiger partial charge is 0.305 e. The summed E-state index contributed by atoms with van der Waals surface area (Å²) in [7, 11) is 0. The Balaban J connectivity index is 3.16. The van der Waals surface area contributed by atoms with E-state index < -0.39 is 16.5 Å². The number of aromatic nitrogens is 1. The lowest BCUT2D eigenvalue weighted by Crippen LogP contribution is -2.23. The van der Waals surface area contributed by atoms with Crippen molar-refractivity contribution in [1.29, 1.82) is 0 Å². The Morgan fingerprint density at radius 2 is 2.19 bits per heavy atom. The van der Waals surface area contributed by atoms with E-state index in [0.29, 0.717) is 0 Å². The molecule has 0 bridgehead atoms. The van der Waals surface area contributed by atoms with Gasteiger partial charge >= 0.3 is 5.97 Å². The van der Waals surface area contributed by atoms with Crippen LogP contribution in [0.3, 0.4) is 0 Å². The SMILES string of the molecule is Cc1c([N+](=O)[O-])ccc(=O)n1CCC(=O)O. The minimum atomic E-state index is -1.06. The van der Waals surface area contributed by atoms with Gasteiger partial charge in [0.2, 0.25) is 0 Å². The molecule has 86 valence electrons. The van der Waals surface area contributed by atoms with Gasteiger partial charge in [-0.05, 0) is 6.92 Å². The fourth-order valence-electron chi connectivity index (χ4n) is 1.34. The predicted molar refractivity (Wildman–Crippen MR) is 54.3 cm³/mol. The molecule has 0 atom stereocenters. The summed E-state index contributed by atoms with van der Waals surface area (Å²) in [6.45, 7) is 1.35. The van der Waals surface area contributed by atoms with E-state index >= 15 is 0 Å². The first kappa shape index (κ1) is 11.9. The number of hydrogen-bond donors (Lipinski definition) is 1. The molecule has 0 aliphatic heterocycles. The zero-order valence-corrected chi connectivity index (χ0v) is 8.54. The average Bonchev–Trinajstić information content (AvgIpc) is 2.16. The molecular weight excluding hydrogens is 216 g/mol. The van der Waals surface area contributed by atoms with Crippen LogP contribution in [0, 0.1) is 17.0 Å². The van der Waals surface area contributed by atoms with Crippen molar-refractivity contribution in [2.24, 2.45) is 0 Å². The van der Waals surface area contributed by atoms with Gasteiger partial charge in [-0.1, -0.05) is 0 Å². The maximum Gasteiger partial charge on any atom is 0.305 e. The number of carboxylic acid groups (broad SMARTS) is 1. The van der Waals surface area contributed by atoms with Crippen LogP contribution in [0.25, 0.3) is 0 Å². The van der Waals surface area contributed by atoms with Crippen molar-refractivity contribution in [3.63, 3.8) is 0 Å². The van der Waals surface area contributed by atoms with Crippen LogP contribution in [0.4, 0.5) is 5.69 Å². The van der Waals surface area contributed by atoms with Crippen LogP contribution in [0.15, 0.2) is 16.9 Å². The molecule has 0 unspecified atom stereocenters. The molecule has 0 radical (unpaired) electrons. The van der Waals surface area contributed by atoms with Crippen molar-refractivity contribution in [3.05, 3.63) is 38.3 Å². The highest BCUT2D eigenvalue weighted by atomic mass is 16.6. The summed E-state index contributed by atoms with van der Waals surface area (Å²) >= 11 is 0. The number of nitrogens with zero attached hydrogens (tertiary/aromatic N) is 2. The van der Waals surface area contributed by atoms with Gasteiger partial charge < -0.3 is 9.67 Å². The van der Waals surface area contributed by atoms with Crippen LogP contribution in [0.2, 0.25) is 0 Å². The quantitative estimate of drug-likeness (QED) is 0.596. The van der Waals surface area contributed by atoms with E-state index in [9.17, 15) is 19.7 Å². The topological polar surface area (TPSA) is 102 Å². The molecule has 0 saturated heterocycles. The third-order valence-corrected chi connectivity index (χ3v) is 2.17. The Morgan fingerprint density at radius 3 is 2.69 bits per heavy atom. The summed E-state index contributed by atoms with van der Waals surface area (Å²) in [4.78, 5) is 31.7.